The highest BCUT2D eigenvalue weighted by Gasteiger charge is 2.23. The van der Waals surface area contributed by atoms with Gasteiger partial charge in [-0.15, -0.1) is 12.4 Å². The van der Waals surface area contributed by atoms with Crippen molar-refractivity contribution in [2.45, 2.75) is 31.7 Å². The van der Waals surface area contributed by atoms with Crippen molar-refractivity contribution in [2.75, 3.05) is 13.1 Å². The number of nitrogens with two attached hydrogens (primary N) is 1. The number of carbonyl (C=O) groups is 1. The number of likely N-dealkylation sites (tertiary alicyclic amines) is 1. The second-order valence-electron chi connectivity index (χ2n) is 5.84. The van der Waals surface area contributed by atoms with Crippen molar-refractivity contribution in [3.63, 3.8) is 0 Å². The molecule has 1 fully saturated rings. The van der Waals surface area contributed by atoms with Gasteiger partial charge in [0, 0.05) is 13.1 Å². The zero-order chi connectivity index (χ0) is 15.4. The SMILES string of the molecule is Cl.NCc1cc(C(=O)N2CCCC(c3ccccc3)CC2)co1. The molecule has 0 bridgehead atoms. The van der Waals surface area contributed by atoms with Gasteiger partial charge in [0.25, 0.3) is 5.91 Å². The molecule has 124 valence electrons. The van der Waals surface area contributed by atoms with E-state index in [1.165, 1.54) is 11.8 Å². The predicted octanol–water partition coefficient (Wildman–Crippen LogP) is 3.57. The van der Waals surface area contributed by atoms with E-state index in [0.29, 0.717) is 23.8 Å². The summed E-state index contributed by atoms with van der Waals surface area (Å²) < 4.78 is 5.27. The molecule has 0 saturated carbocycles. The Hall–Kier alpha value is -1.78. The summed E-state index contributed by atoms with van der Waals surface area (Å²) in [6, 6.07) is 12.3. The van der Waals surface area contributed by atoms with Gasteiger partial charge in [-0.05, 0) is 36.8 Å². The van der Waals surface area contributed by atoms with Crippen LogP contribution < -0.4 is 5.73 Å². The first-order chi connectivity index (χ1) is 10.8. The van der Waals surface area contributed by atoms with Crippen molar-refractivity contribution in [1.82, 2.24) is 4.90 Å². The number of rotatable bonds is 3. The minimum Gasteiger partial charge on any atom is -0.467 e. The third-order valence-corrected chi connectivity index (χ3v) is 4.39. The summed E-state index contributed by atoms with van der Waals surface area (Å²) in [4.78, 5) is 14.5. The zero-order valence-electron chi connectivity index (χ0n) is 13.1. The van der Waals surface area contributed by atoms with E-state index in [9.17, 15) is 4.79 Å². The first kappa shape index (κ1) is 17.6. The van der Waals surface area contributed by atoms with Crippen LogP contribution in [-0.4, -0.2) is 23.9 Å². The van der Waals surface area contributed by atoms with Crippen molar-refractivity contribution in [3.8, 4) is 0 Å². The number of carbonyl (C=O) groups excluding carboxylic acids is 1. The summed E-state index contributed by atoms with van der Waals surface area (Å²) in [5.41, 5.74) is 7.52. The maximum atomic E-state index is 12.6. The molecule has 23 heavy (non-hydrogen) atoms. The van der Waals surface area contributed by atoms with Crippen molar-refractivity contribution in [2.24, 2.45) is 5.73 Å². The molecule has 4 nitrogen and oxygen atoms in total. The molecule has 1 unspecified atom stereocenters. The lowest BCUT2D eigenvalue weighted by Gasteiger charge is -2.20. The van der Waals surface area contributed by atoms with Gasteiger partial charge in [0.1, 0.15) is 12.0 Å². The quantitative estimate of drug-likeness (QED) is 0.933. The van der Waals surface area contributed by atoms with Crippen molar-refractivity contribution < 1.29 is 9.21 Å². The van der Waals surface area contributed by atoms with E-state index in [1.54, 1.807) is 6.07 Å². The molecule has 0 aliphatic carbocycles. The number of amides is 1. The molecule has 1 aromatic carbocycles. The van der Waals surface area contributed by atoms with Crippen molar-refractivity contribution >= 4 is 18.3 Å². The Morgan fingerprint density at radius 1 is 1.22 bits per heavy atom. The van der Waals surface area contributed by atoms with E-state index in [2.05, 4.69) is 24.3 Å². The average Bonchev–Trinajstić information content (AvgIpc) is 2.92. The van der Waals surface area contributed by atoms with Crippen LogP contribution in [0.15, 0.2) is 47.1 Å². The summed E-state index contributed by atoms with van der Waals surface area (Å²) in [6.45, 7) is 1.93. The van der Waals surface area contributed by atoms with Crippen molar-refractivity contribution in [3.05, 3.63) is 59.5 Å². The Kier molecular flexibility index (Phi) is 6.25. The average molecular weight is 335 g/mol. The third kappa shape index (κ3) is 4.15. The van der Waals surface area contributed by atoms with Crippen molar-refractivity contribution in [1.29, 1.82) is 0 Å². The monoisotopic (exact) mass is 334 g/mol. The van der Waals surface area contributed by atoms with E-state index in [-0.39, 0.29) is 18.3 Å². The smallest absolute Gasteiger partial charge is 0.257 e. The fourth-order valence-electron chi connectivity index (χ4n) is 3.14. The molecule has 1 aliphatic rings. The second kappa shape index (κ2) is 8.18. The molecule has 1 aromatic heterocycles. The summed E-state index contributed by atoms with van der Waals surface area (Å²) in [5, 5.41) is 0. The molecular formula is C18H23ClN2O2. The predicted molar refractivity (Wildman–Crippen MR) is 92.8 cm³/mol. The van der Waals surface area contributed by atoms with Gasteiger partial charge in [-0.3, -0.25) is 4.79 Å². The van der Waals surface area contributed by atoms with E-state index in [0.717, 1.165) is 32.4 Å². The maximum absolute atomic E-state index is 12.6. The first-order valence-corrected chi connectivity index (χ1v) is 7.89. The lowest BCUT2D eigenvalue weighted by molar-refractivity contribution is 0.0760. The number of halogens is 1. The molecule has 2 N–H and O–H groups in total. The van der Waals surface area contributed by atoms with Gasteiger partial charge in [-0.25, -0.2) is 0 Å². The third-order valence-electron chi connectivity index (χ3n) is 4.39. The summed E-state index contributed by atoms with van der Waals surface area (Å²) in [7, 11) is 0. The molecule has 1 aliphatic heterocycles. The molecule has 0 radical (unpaired) electrons. The minimum atomic E-state index is 0. The van der Waals surface area contributed by atoms with E-state index in [1.807, 2.05) is 11.0 Å². The first-order valence-electron chi connectivity index (χ1n) is 7.89. The van der Waals surface area contributed by atoms with E-state index >= 15 is 0 Å². The number of hydrogen-bond acceptors (Lipinski definition) is 3. The zero-order valence-corrected chi connectivity index (χ0v) is 13.9. The molecule has 5 heteroatoms. The van der Waals surface area contributed by atoms with Crippen LogP contribution in [0.3, 0.4) is 0 Å². The second-order valence-corrected chi connectivity index (χ2v) is 5.84. The number of nitrogens with zero attached hydrogens (tertiary/aromatic N) is 1. The molecular weight excluding hydrogens is 312 g/mol. The Morgan fingerprint density at radius 2 is 2.00 bits per heavy atom. The minimum absolute atomic E-state index is 0. The topological polar surface area (TPSA) is 59.5 Å². The van der Waals surface area contributed by atoms with Crippen LogP contribution in [0.1, 0.15) is 46.9 Å². The molecule has 2 heterocycles. The molecule has 2 aromatic rings. The summed E-state index contributed by atoms with van der Waals surface area (Å²) in [5.74, 6) is 1.25. The standard InChI is InChI=1S/C18H22N2O2.ClH/c19-12-17-11-16(13-22-17)18(21)20-9-4-7-15(8-10-20)14-5-2-1-3-6-14;/h1-3,5-6,11,13,15H,4,7-10,12,19H2;1H. The van der Waals surface area contributed by atoms with Gasteiger partial charge in [0.05, 0.1) is 12.1 Å². The largest absolute Gasteiger partial charge is 0.467 e. The van der Waals surface area contributed by atoms with Gasteiger partial charge in [-0.2, -0.15) is 0 Å². The molecule has 1 amide bonds. The number of furan rings is 1. The lowest BCUT2D eigenvalue weighted by Crippen LogP contribution is -2.31. The van der Waals surface area contributed by atoms with Crippen LogP contribution in [0, 0.1) is 0 Å². The molecule has 1 atom stereocenters. The van der Waals surface area contributed by atoms with Crippen LogP contribution in [0.5, 0.6) is 0 Å². The van der Waals surface area contributed by atoms with Gasteiger partial charge in [0.2, 0.25) is 0 Å². The molecule has 1 saturated heterocycles. The number of benzene rings is 1. The fourth-order valence-corrected chi connectivity index (χ4v) is 3.14. The highest BCUT2D eigenvalue weighted by Crippen LogP contribution is 2.28. The van der Waals surface area contributed by atoms with Crippen LogP contribution in [-0.2, 0) is 6.54 Å². The highest BCUT2D eigenvalue weighted by molar-refractivity contribution is 5.94. The van der Waals surface area contributed by atoms with Crippen LogP contribution in [0.4, 0.5) is 0 Å². The number of hydrogen-bond donors (Lipinski definition) is 1. The summed E-state index contributed by atoms with van der Waals surface area (Å²) >= 11 is 0. The van der Waals surface area contributed by atoms with Gasteiger partial charge in [0.15, 0.2) is 0 Å². The van der Waals surface area contributed by atoms with Gasteiger partial charge in [-0.1, -0.05) is 30.3 Å². The van der Waals surface area contributed by atoms with Crippen LogP contribution in [0.2, 0.25) is 0 Å². The van der Waals surface area contributed by atoms with Crippen LogP contribution >= 0.6 is 12.4 Å². The molecule has 0 spiro atoms. The van der Waals surface area contributed by atoms with Gasteiger partial charge < -0.3 is 15.1 Å². The fraction of sp³-hybridized carbons (Fsp3) is 0.389. The Balaban J connectivity index is 0.00000192. The van der Waals surface area contributed by atoms with Gasteiger partial charge >= 0.3 is 0 Å². The van der Waals surface area contributed by atoms with E-state index in [4.69, 9.17) is 10.2 Å². The summed E-state index contributed by atoms with van der Waals surface area (Å²) in [6.07, 6.45) is 4.70. The lowest BCUT2D eigenvalue weighted by atomic mass is 9.92. The maximum Gasteiger partial charge on any atom is 0.257 e. The Labute approximate surface area is 143 Å². The van der Waals surface area contributed by atoms with E-state index < -0.39 is 0 Å². The van der Waals surface area contributed by atoms with Crippen LogP contribution in [0.25, 0.3) is 0 Å². The normalized spacial score (nSPS) is 18.1. The highest BCUT2D eigenvalue weighted by atomic mass is 35.5. The Bertz CT molecular complexity index is 627. The Morgan fingerprint density at radius 3 is 2.70 bits per heavy atom. The molecule has 3 rings (SSSR count).